The third-order valence-electron chi connectivity index (χ3n) is 3.46. The predicted octanol–water partition coefficient (Wildman–Crippen LogP) is 3.71. The Morgan fingerprint density at radius 1 is 1.30 bits per heavy atom. The van der Waals surface area contributed by atoms with Gasteiger partial charge in [-0.25, -0.2) is 9.97 Å². The number of alkyl halides is 1. The second-order valence-electron chi connectivity index (χ2n) is 5.30. The van der Waals surface area contributed by atoms with Crippen LogP contribution in [0.4, 0.5) is 0 Å². The van der Waals surface area contributed by atoms with Crippen LogP contribution in [0.15, 0.2) is 12.1 Å². The van der Waals surface area contributed by atoms with E-state index in [1.54, 1.807) is 0 Å². The van der Waals surface area contributed by atoms with Gasteiger partial charge in [-0.2, -0.15) is 0 Å². The highest BCUT2D eigenvalue weighted by Crippen LogP contribution is 2.26. The molecule has 2 aromatic rings. The second-order valence-corrected chi connectivity index (χ2v) is 5.57. The maximum Gasteiger partial charge on any atom is 0.160 e. The third kappa shape index (κ3) is 2.96. The first-order valence-corrected chi connectivity index (χ1v) is 7.60. The summed E-state index contributed by atoms with van der Waals surface area (Å²) >= 11 is 6.07. The first-order chi connectivity index (χ1) is 9.58. The summed E-state index contributed by atoms with van der Waals surface area (Å²) < 4.78 is 7.79. The van der Waals surface area contributed by atoms with Gasteiger partial charge in [-0.3, -0.25) is 0 Å². The van der Waals surface area contributed by atoms with Crippen molar-refractivity contribution in [3.63, 3.8) is 0 Å². The number of ether oxygens (including phenoxy) is 1. The number of nitrogens with zero attached hydrogens (tertiary/aromatic N) is 3. The van der Waals surface area contributed by atoms with E-state index < -0.39 is 0 Å². The molecule has 1 atom stereocenters. The molecular formula is C15H22ClN3O. The smallest absolute Gasteiger partial charge is 0.160 e. The van der Waals surface area contributed by atoms with Crippen molar-refractivity contribution in [3.05, 3.63) is 23.7 Å². The van der Waals surface area contributed by atoms with Gasteiger partial charge in [0, 0.05) is 12.3 Å². The van der Waals surface area contributed by atoms with Crippen LogP contribution in [-0.4, -0.2) is 27.7 Å². The minimum Gasteiger partial charge on any atom is -0.380 e. The van der Waals surface area contributed by atoms with E-state index >= 15 is 0 Å². The molecule has 110 valence electrons. The van der Waals surface area contributed by atoms with E-state index in [0.29, 0.717) is 25.0 Å². The van der Waals surface area contributed by atoms with E-state index in [1.807, 2.05) is 26.0 Å². The van der Waals surface area contributed by atoms with Gasteiger partial charge in [0.1, 0.15) is 11.3 Å². The molecule has 0 aliphatic heterocycles. The fourth-order valence-electron chi connectivity index (χ4n) is 2.36. The minimum absolute atomic E-state index is 0.197. The van der Waals surface area contributed by atoms with Gasteiger partial charge in [-0.1, -0.05) is 13.8 Å². The molecule has 4 nitrogen and oxygen atoms in total. The number of imidazole rings is 1. The highest BCUT2D eigenvalue weighted by Gasteiger charge is 2.22. The summed E-state index contributed by atoms with van der Waals surface area (Å²) in [5.74, 6) is 1.66. The lowest BCUT2D eigenvalue weighted by molar-refractivity contribution is 0.0968. The lowest BCUT2D eigenvalue weighted by atomic mass is 10.1. The normalized spacial score (nSPS) is 13.3. The van der Waals surface area contributed by atoms with E-state index in [0.717, 1.165) is 22.7 Å². The molecule has 0 saturated heterocycles. The number of hydrogen-bond donors (Lipinski definition) is 0. The van der Waals surface area contributed by atoms with Crippen LogP contribution in [0.1, 0.15) is 38.3 Å². The van der Waals surface area contributed by atoms with E-state index in [4.69, 9.17) is 16.3 Å². The molecule has 0 aromatic carbocycles. The summed E-state index contributed by atoms with van der Waals surface area (Å²) in [4.78, 5) is 9.24. The lowest BCUT2D eigenvalue weighted by Crippen LogP contribution is -2.23. The van der Waals surface area contributed by atoms with E-state index in [-0.39, 0.29) is 6.04 Å². The SMILES string of the molecule is CCOCC(C(C)C)n1c(CCl)nc2ccc(C)nc21. The largest absolute Gasteiger partial charge is 0.380 e. The van der Waals surface area contributed by atoms with Crippen LogP contribution < -0.4 is 0 Å². The molecule has 0 radical (unpaired) electrons. The summed E-state index contributed by atoms with van der Waals surface area (Å²) in [6.45, 7) is 9.72. The van der Waals surface area contributed by atoms with E-state index in [9.17, 15) is 0 Å². The number of pyridine rings is 1. The molecule has 0 aliphatic rings. The second kappa shape index (κ2) is 6.55. The Bertz CT molecular complexity index is 580. The molecule has 2 heterocycles. The molecule has 2 aromatic heterocycles. The summed E-state index contributed by atoms with van der Waals surface area (Å²) in [5, 5.41) is 0. The first-order valence-electron chi connectivity index (χ1n) is 7.06. The summed E-state index contributed by atoms with van der Waals surface area (Å²) in [7, 11) is 0. The quantitative estimate of drug-likeness (QED) is 0.763. The standard InChI is InChI=1S/C15H22ClN3O/c1-5-20-9-13(10(2)3)19-14(8-16)18-12-7-6-11(4)17-15(12)19/h6-7,10,13H,5,8-9H2,1-4H3. The fourth-order valence-corrected chi connectivity index (χ4v) is 2.55. The monoisotopic (exact) mass is 295 g/mol. The Morgan fingerprint density at radius 2 is 2.05 bits per heavy atom. The van der Waals surface area contributed by atoms with Crippen LogP contribution in [0, 0.1) is 12.8 Å². The molecular weight excluding hydrogens is 274 g/mol. The lowest BCUT2D eigenvalue weighted by Gasteiger charge is -2.24. The number of aryl methyl sites for hydroxylation is 1. The molecule has 0 fully saturated rings. The van der Waals surface area contributed by atoms with Crippen molar-refractivity contribution >= 4 is 22.8 Å². The number of rotatable bonds is 6. The topological polar surface area (TPSA) is 39.9 Å². The van der Waals surface area contributed by atoms with Gasteiger partial charge in [0.15, 0.2) is 5.65 Å². The minimum atomic E-state index is 0.197. The molecule has 0 spiro atoms. The number of hydrogen-bond acceptors (Lipinski definition) is 3. The molecule has 0 saturated carbocycles. The Hall–Kier alpha value is -1.13. The molecule has 2 rings (SSSR count). The number of fused-ring (bicyclic) bond motifs is 1. The highest BCUT2D eigenvalue weighted by molar-refractivity contribution is 6.16. The molecule has 20 heavy (non-hydrogen) atoms. The molecule has 1 unspecified atom stereocenters. The van der Waals surface area contributed by atoms with Crippen LogP contribution in [0.5, 0.6) is 0 Å². The van der Waals surface area contributed by atoms with Crippen molar-refractivity contribution in [1.82, 2.24) is 14.5 Å². The van der Waals surface area contributed by atoms with Crippen LogP contribution >= 0.6 is 11.6 Å². The molecule has 0 bridgehead atoms. The van der Waals surface area contributed by atoms with Crippen LogP contribution in [-0.2, 0) is 10.6 Å². The molecule has 0 amide bonds. The van der Waals surface area contributed by atoms with Crippen LogP contribution in [0.3, 0.4) is 0 Å². The van der Waals surface area contributed by atoms with Crippen LogP contribution in [0.2, 0.25) is 0 Å². The Balaban J connectivity index is 2.55. The van der Waals surface area contributed by atoms with Gasteiger partial charge < -0.3 is 9.30 Å². The van der Waals surface area contributed by atoms with Crippen molar-refractivity contribution < 1.29 is 4.74 Å². The zero-order valence-electron chi connectivity index (χ0n) is 12.6. The fraction of sp³-hybridized carbons (Fsp3) is 0.600. The van der Waals surface area contributed by atoms with Gasteiger partial charge in [0.25, 0.3) is 0 Å². The van der Waals surface area contributed by atoms with Crippen molar-refractivity contribution in [2.24, 2.45) is 5.92 Å². The van der Waals surface area contributed by atoms with E-state index in [2.05, 4.69) is 28.4 Å². The summed E-state index contributed by atoms with van der Waals surface area (Å²) in [5.41, 5.74) is 2.78. The van der Waals surface area contributed by atoms with Crippen molar-refractivity contribution in [1.29, 1.82) is 0 Å². The maximum absolute atomic E-state index is 6.07. The third-order valence-corrected chi connectivity index (χ3v) is 3.70. The average Bonchev–Trinajstić information content (AvgIpc) is 2.77. The Morgan fingerprint density at radius 3 is 2.65 bits per heavy atom. The van der Waals surface area contributed by atoms with Crippen molar-refractivity contribution in [2.45, 2.75) is 39.6 Å². The number of halogens is 1. The molecule has 5 heteroatoms. The van der Waals surface area contributed by atoms with Gasteiger partial charge in [-0.05, 0) is 31.9 Å². The van der Waals surface area contributed by atoms with Gasteiger partial charge in [-0.15, -0.1) is 11.6 Å². The predicted molar refractivity (Wildman–Crippen MR) is 82.2 cm³/mol. The van der Waals surface area contributed by atoms with Gasteiger partial charge >= 0.3 is 0 Å². The average molecular weight is 296 g/mol. The summed E-state index contributed by atoms with van der Waals surface area (Å²) in [6.07, 6.45) is 0. The van der Waals surface area contributed by atoms with Gasteiger partial charge in [0.05, 0.1) is 18.5 Å². The van der Waals surface area contributed by atoms with Crippen LogP contribution in [0.25, 0.3) is 11.2 Å². The zero-order valence-corrected chi connectivity index (χ0v) is 13.3. The van der Waals surface area contributed by atoms with Crippen molar-refractivity contribution in [2.75, 3.05) is 13.2 Å². The molecule has 0 N–H and O–H groups in total. The number of aromatic nitrogens is 3. The van der Waals surface area contributed by atoms with Crippen molar-refractivity contribution in [3.8, 4) is 0 Å². The summed E-state index contributed by atoms with van der Waals surface area (Å²) in [6, 6.07) is 4.18. The Labute approximate surface area is 125 Å². The van der Waals surface area contributed by atoms with E-state index in [1.165, 1.54) is 0 Å². The van der Waals surface area contributed by atoms with Gasteiger partial charge in [0.2, 0.25) is 0 Å². The molecule has 0 aliphatic carbocycles. The highest BCUT2D eigenvalue weighted by atomic mass is 35.5. The maximum atomic E-state index is 6.07. The first kappa shape index (κ1) is 15.3. The zero-order chi connectivity index (χ0) is 14.7. The Kier molecular flexibility index (Phi) is 5.00.